The highest BCUT2D eigenvalue weighted by molar-refractivity contribution is 5.92. The first-order chi connectivity index (χ1) is 12.0. The highest BCUT2D eigenvalue weighted by Gasteiger charge is 2.11. The van der Waals surface area contributed by atoms with Gasteiger partial charge in [-0.1, -0.05) is 6.07 Å². The minimum absolute atomic E-state index is 0.0220. The van der Waals surface area contributed by atoms with Crippen molar-refractivity contribution in [2.45, 2.75) is 13.2 Å². The fraction of sp³-hybridized carbons (Fsp3) is 0.235. The van der Waals surface area contributed by atoms with E-state index in [1.54, 1.807) is 37.4 Å². The summed E-state index contributed by atoms with van der Waals surface area (Å²) in [7, 11) is 3.04. The summed E-state index contributed by atoms with van der Waals surface area (Å²) in [4.78, 5) is 4.15. The van der Waals surface area contributed by atoms with Crippen LogP contribution in [0, 0.1) is 0 Å². The van der Waals surface area contributed by atoms with E-state index in [2.05, 4.69) is 15.0 Å². The highest BCUT2D eigenvalue weighted by atomic mass is 19.3. The number of nitrogens with zero attached hydrogens (tertiary/aromatic N) is 1. The molecule has 0 heterocycles. The maximum atomic E-state index is 12.5. The van der Waals surface area contributed by atoms with Crippen LogP contribution >= 0.6 is 0 Å². The lowest BCUT2D eigenvalue weighted by molar-refractivity contribution is -0.0504. The molecule has 0 aliphatic carbocycles. The SMILES string of the molecule is COc1cccc(NC(N)=NCc2cc(OC)ccc2OC(F)F)c1. The van der Waals surface area contributed by atoms with Crippen molar-refractivity contribution in [3.8, 4) is 17.2 Å². The number of benzene rings is 2. The molecule has 25 heavy (non-hydrogen) atoms. The van der Waals surface area contributed by atoms with Crippen molar-refractivity contribution in [3.63, 3.8) is 0 Å². The second-order valence-electron chi connectivity index (χ2n) is 4.91. The van der Waals surface area contributed by atoms with Crippen LogP contribution in [0.4, 0.5) is 14.5 Å². The van der Waals surface area contributed by atoms with E-state index < -0.39 is 6.61 Å². The van der Waals surface area contributed by atoms with Crippen LogP contribution in [0.15, 0.2) is 47.5 Å². The van der Waals surface area contributed by atoms with E-state index in [9.17, 15) is 8.78 Å². The summed E-state index contributed by atoms with van der Waals surface area (Å²) in [6.45, 7) is -2.88. The van der Waals surface area contributed by atoms with E-state index in [4.69, 9.17) is 15.2 Å². The molecule has 0 aliphatic rings. The van der Waals surface area contributed by atoms with Crippen LogP contribution < -0.4 is 25.3 Å². The van der Waals surface area contributed by atoms with Crippen molar-refractivity contribution < 1.29 is 23.0 Å². The molecule has 134 valence electrons. The Labute approximate surface area is 144 Å². The summed E-state index contributed by atoms with van der Waals surface area (Å²) < 4.78 is 39.7. The van der Waals surface area contributed by atoms with Gasteiger partial charge in [-0.15, -0.1) is 0 Å². The number of aliphatic imine (C=N–C) groups is 1. The first-order valence-electron chi connectivity index (χ1n) is 7.34. The van der Waals surface area contributed by atoms with Crippen LogP contribution in [0.1, 0.15) is 5.56 Å². The first kappa shape index (κ1) is 18.3. The molecule has 0 aromatic heterocycles. The largest absolute Gasteiger partial charge is 0.497 e. The molecule has 0 bridgehead atoms. The number of anilines is 1. The molecule has 0 saturated heterocycles. The van der Waals surface area contributed by atoms with E-state index >= 15 is 0 Å². The summed E-state index contributed by atoms with van der Waals surface area (Å²) in [5.74, 6) is 1.32. The number of guanidine groups is 1. The molecule has 0 unspecified atom stereocenters. The van der Waals surface area contributed by atoms with Gasteiger partial charge in [-0.25, -0.2) is 4.99 Å². The predicted molar refractivity (Wildman–Crippen MR) is 91.6 cm³/mol. The standard InChI is InChI=1S/C17H19F2N3O3/c1-23-13-5-3-4-12(9-13)22-17(20)21-10-11-8-14(24-2)6-7-15(11)25-16(18)19/h3-9,16H,10H2,1-2H3,(H3,20,21,22). The molecule has 0 aliphatic heterocycles. The molecule has 0 amide bonds. The second kappa shape index (κ2) is 8.72. The molecule has 0 atom stereocenters. The number of rotatable bonds is 7. The highest BCUT2D eigenvalue weighted by Crippen LogP contribution is 2.26. The van der Waals surface area contributed by atoms with Crippen LogP contribution in [0.2, 0.25) is 0 Å². The van der Waals surface area contributed by atoms with Crippen LogP contribution in [0.25, 0.3) is 0 Å². The van der Waals surface area contributed by atoms with Gasteiger partial charge in [0.2, 0.25) is 0 Å². The molecule has 0 fully saturated rings. The number of methoxy groups -OCH3 is 2. The smallest absolute Gasteiger partial charge is 0.387 e. The zero-order chi connectivity index (χ0) is 18.2. The lowest BCUT2D eigenvalue weighted by Crippen LogP contribution is -2.22. The molecular weight excluding hydrogens is 332 g/mol. The summed E-state index contributed by atoms with van der Waals surface area (Å²) in [6, 6.07) is 11.6. The van der Waals surface area contributed by atoms with Gasteiger partial charge in [-0.3, -0.25) is 0 Å². The molecule has 2 aromatic rings. The van der Waals surface area contributed by atoms with E-state index in [0.29, 0.717) is 22.7 Å². The van der Waals surface area contributed by atoms with Gasteiger partial charge in [-0.2, -0.15) is 8.78 Å². The normalized spacial score (nSPS) is 11.3. The number of nitrogens with one attached hydrogen (secondary N) is 1. The third-order valence-electron chi connectivity index (χ3n) is 3.25. The van der Waals surface area contributed by atoms with Crippen molar-refractivity contribution in [2.75, 3.05) is 19.5 Å². The molecule has 6 nitrogen and oxygen atoms in total. The van der Waals surface area contributed by atoms with Crippen LogP contribution in [0.3, 0.4) is 0 Å². The molecule has 2 rings (SSSR count). The van der Waals surface area contributed by atoms with Gasteiger partial charge >= 0.3 is 6.61 Å². The Kier molecular flexibility index (Phi) is 6.39. The zero-order valence-corrected chi connectivity index (χ0v) is 13.8. The lowest BCUT2D eigenvalue weighted by atomic mass is 10.2. The minimum Gasteiger partial charge on any atom is -0.497 e. The monoisotopic (exact) mass is 351 g/mol. The van der Waals surface area contributed by atoms with E-state index in [0.717, 1.165) is 0 Å². The molecule has 2 aromatic carbocycles. The van der Waals surface area contributed by atoms with Crippen molar-refractivity contribution in [1.29, 1.82) is 0 Å². The van der Waals surface area contributed by atoms with Crippen LogP contribution in [0.5, 0.6) is 17.2 Å². The Morgan fingerprint density at radius 2 is 1.84 bits per heavy atom. The third kappa shape index (κ3) is 5.52. The average Bonchev–Trinajstić information content (AvgIpc) is 2.60. The Morgan fingerprint density at radius 1 is 1.12 bits per heavy atom. The van der Waals surface area contributed by atoms with Crippen molar-refractivity contribution in [3.05, 3.63) is 48.0 Å². The molecular formula is C17H19F2N3O3. The van der Waals surface area contributed by atoms with Gasteiger partial charge in [0.05, 0.1) is 20.8 Å². The molecule has 0 radical (unpaired) electrons. The third-order valence-corrected chi connectivity index (χ3v) is 3.25. The maximum Gasteiger partial charge on any atom is 0.387 e. The predicted octanol–water partition coefficient (Wildman–Crippen LogP) is 3.23. The van der Waals surface area contributed by atoms with E-state index in [1.807, 2.05) is 0 Å². The summed E-state index contributed by atoms with van der Waals surface area (Å²) in [5, 5.41) is 2.90. The number of ether oxygens (including phenoxy) is 3. The summed E-state index contributed by atoms with van der Waals surface area (Å²) in [6.07, 6.45) is 0. The maximum absolute atomic E-state index is 12.5. The number of alkyl halides is 2. The topological polar surface area (TPSA) is 78.1 Å². The average molecular weight is 351 g/mol. The minimum atomic E-state index is -2.93. The first-order valence-corrected chi connectivity index (χ1v) is 7.34. The van der Waals surface area contributed by atoms with E-state index in [1.165, 1.54) is 19.2 Å². The Bertz CT molecular complexity index is 739. The Balaban J connectivity index is 2.13. The molecule has 0 saturated carbocycles. The lowest BCUT2D eigenvalue weighted by Gasteiger charge is -2.11. The molecule has 0 spiro atoms. The van der Waals surface area contributed by atoms with Gasteiger partial charge < -0.3 is 25.3 Å². The molecule has 3 N–H and O–H groups in total. The fourth-order valence-electron chi connectivity index (χ4n) is 2.08. The summed E-state index contributed by atoms with van der Waals surface area (Å²) >= 11 is 0. The van der Waals surface area contributed by atoms with Crippen molar-refractivity contribution in [1.82, 2.24) is 0 Å². The number of hydrogen-bond donors (Lipinski definition) is 2. The van der Waals surface area contributed by atoms with Gasteiger partial charge in [-0.05, 0) is 30.3 Å². The van der Waals surface area contributed by atoms with Crippen LogP contribution in [-0.4, -0.2) is 26.8 Å². The quantitative estimate of drug-likeness (QED) is 0.591. The van der Waals surface area contributed by atoms with Gasteiger partial charge in [0.1, 0.15) is 17.2 Å². The van der Waals surface area contributed by atoms with E-state index in [-0.39, 0.29) is 18.3 Å². The molecule has 8 heteroatoms. The van der Waals surface area contributed by atoms with Gasteiger partial charge in [0.25, 0.3) is 0 Å². The Morgan fingerprint density at radius 3 is 2.52 bits per heavy atom. The van der Waals surface area contributed by atoms with Crippen LogP contribution in [-0.2, 0) is 6.54 Å². The van der Waals surface area contributed by atoms with Crippen molar-refractivity contribution >= 4 is 11.6 Å². The number of hydrogen-bond acceptors (Lipinski definition) is 4. The second-order valence-corrected chi connectivity index (χ2v) is 4.91. The van der Waals surface area contributed by atoms with Gasteiger partial charge in [0, 0.05) is 17.3 Å². The fourth-order valence-corrected chi connectivity index (χ4v) is 2.08. The van der Waals surface area contributed by atoms with Crippen molar-refractivity contribution in [2.24, 2.45) is 10.7 Å². The number of nitrogens with two attached hydrogens (primary N) is 1. The van der Waals surface area contributed by atoms with Gasteiger partial charge in [0.15, 0.2) is 5.96 Å². The number of halogens is 2. The summed E-state index contributed by atoms with van der Waals surface area (Å²) in [5.41, 5.74) is 6.96. The zero-order valence-electron chi connectivity index (χ0n) is 13.8. The Hall–Kier alpha value is -3.03.